The van der Waals surface area contributed by atoms with E-state index < -0.39 is 0 Å². The molecule has 1 N–H and O–H groups in total. The lowest BCUT2D eigenvalue weighted by Gasteiger charge is -2.35. The van der Waals surface area contributed by atoms with Gasteiger partial charge < -0.3 is 43.9 Å². The highest BCUT2D eigenvalue weighted by molar-refractivity contribution is 5.96. The van der Waals surface area contributed by atoms with Crippen LogP contribution in [0.5, 0.6) is 0 Å². The summed E-state index contributed by atoms with van der Waals surface area (Å²) in [7, 11) is 1.71. The molecular formula is C40H58N8O7. The number of fused-ring (bicyclic) bond motifs is 1. The minimum Gasteiger partial charge on any atom is -0.379 e. The van der Waals surface area contributed by atoms with Crippen LogP contribution < -0.4 is 10.2 Å². The third kappa shape index (κ3) is 14.8. The third-order valence-electron chi connectivity index (χ3n) is 9.35. The van der Waals surface area contributed by atoms with E-state index in [0.717, 1.165) is 63.4 Å². The van der Waals surface area contributed by atoms with E-state index in [2.05, 4.69) is 61.8 Å². The molecule has 3 heterocycles. The molecule has 55 heavy (non-hydrogen) atoms. The molecule has 0 saturated carbocycles. The Morgan fingerprint density at radius 1 is 0.891 bits per heavy atom. The molecule has 0 radical (unpaired) electrons. The zero-order valence-electron chi connectivity index (χ0n) is 32.7. The van der Waals surface area contributed by atoms with Gasteiger partial charge in [-0.1, -0.05) is 37.8 Å². The largest absolute Gasteiger partial charge is 0.379 e. The maximum Gasteiger partial charge on any atom is 0.252 e. The SMILES string of the molecule is C=C/C(=C\N=C(C)N1CCN(c2ncc(CN(C)C=O)cn2)CC1)C(=O)NCCOCCOCCOCCOCCC(=O)N1CCc2cc(CC)ccc2C1. The number of amides is 3. The first-order chi connectivity index (χ1) is 26.8. The van der Waals surface area contributed by atoms with Crippen LogP contribution in [0.15, 0.2) is 60.0 Å². The van der Waals surface area contributed by atoms with E-state index in [0.29, 0.717) is 90.4 Å². The summed E-state index contributed by atoms with van der Waals surface area (Å²) in [6, 6.07) is 6.58. The molecule has 2 aromatic rings. The van der Waals surface area contributed by atoms with Crippen LogP contribution in [-0.4, -0.2) is 148 Å². The topological polar surface area (TPSA) is 151 Å². The molecule has 1 fully saturated rings. The van der Waals surface area contributed by atoms with Crippen LogP contribution in [0.25, 0.3) is 0 Å². The van der Waals surface area contributed by atoms with Crippen LogP contribution in [-0.2, 0) is 59.3 Å². The van der Waals surface area contributed by atoms with Crippen molar-refractivity contribution in [2.45, 2.75) is 46.2 Å². The molecule has 0 atom stereocenters. The lowest BCUT2D eigenvalue weighted by Crippen LogP contribution is -2.48. The van der Waals surface area contributed by atoms with Gasteiger partial charge >= 0.3 is 0 Å². The van der Waals surface area contributed by atoms with Gasteiger partial charge in [0.1, 0.15) is 5.84 Å². The van der Waals surface area contributed by atoms with Gasteiger partial charge in [-0.05, 0) is 36.5 Å². The summed E-state index contributed by atoms with van der Waals surface area (Å²) in [4.78, 5) is 57.3. The van der Waals surface area contributed by atoms with E-state index in [4.69, 9.17) is 18.9 Å². The second-order valence-corrected chi connectivity index (χ2v) is 13.3. The number of ether oxygens (including phenoxy) is 4. The predicted molar refractivity (Wildman–Crippen MR) is 211 cm³/mol. The molecule has 15 heteroatoms. The van der Waals surface area contributed by atoms with E-state index in [1.807, 2.05) is 11.8 Å². The van der Waals surface area contributed by atoms with Gasteiger partial charge in [0.25, 0.3) is 5.91 Å². The predicted octanol–water partition coefficient (Wildman–Crippen LogP) is 2.40. The highest BCUT2D eigenvalue weighted by Crippen LogP contribution is 2.21. The van der Waals surface area contributed by atoms with Crippen molar-refractivity contribution < 1.29 is 33.3 Å². The Hall–Kier alpha value is -4.70. The quantitative estimate of drug-likeness (QED) is 0.0444. The molecule has 0 bridgehead atoms. The summed E-state index contributed by atoms with van der Waals surface area (Å²) in [6.07, 6.45) is 9.59. The number of aryl methyl sites for hydroxylation is 1. The molecule has 0 aliphatic carbocycles. The number of nitrogens with one attached hydrogen (secondary N) is 1. The normalized spacial score (nSPS) is 14.8. The minimum atomic E-state index is -0.276. The van der Waals surface area contributed by atoms with Crippen molar-refractivity contribution in [1.82, 2.24) is 30.0 Å². The Bertz CT molecular complexity index is 1580. The molecule has 3 amide bonds. The molecule has 1 aromatic heterocycles. The first kappa shape index (κ1) is 43.0. The molecule has 1 saturated heterocycles. The lowest BCUT2D eigenvalue weighted by atomic mass is 9.96. The molecule has 1 aromatic carbocycles. The van der Waals surface area contributed by atoms with Gasteiger partial charge in [0, 0.05) is 83.6 Å². The van der Waals surface area contributed by atoms with Gasteiger partial charge in [-0.2, -0.15) is 0 Å². The molecule has 0 spiro atoms. The van der Waals surface area contributed by atoms with Gasteiger partial charge in [0.15, 0.2) is 0 Å². The summed E-state index contributed by atoms with van der Waals surface area (Å²) in [5.41, 5.74) is 5.19. The molecule has 2 aliphatic rings. The summed E-state index contributed by atoms with van der Waals surface area (Å²) in [5, 5.41) is 2.83. The average Bonchev–Trinajstić information content (AvgIpc) is 3.22. The number of benzene rings is 1. The van der Waals surface area contributed by atoms with E-state index >= 15 is 0 Å². The van der Waals surface area contributed by atoms with Gasteiger partial charge in [-0.3, -0.25) is 14.4 Å². The van der Waals surface area contributed by atoms with E-state index in [9.17, 15) is 14.4 Å². The second-order valence-electron chi connectivity index (χ2n) is 13.3. The first-order valence-corrected chi connectivity index (χ1v) is 19.1. The number of piperazine rings is 1. The third-order valence-corrected chi connectivity index (χ3v) is 9.35. The van der Waals surface area contributed by atoms with Gasteiger partial charge in [0.2, 0.25) is 18.3 Å². The fourth-order valence-corrected chi connectivity index (χ4v) is 6.05. The highest BCUT2D eigenvalue weighted by Gasteiger charge is 2.21. The Balaban J connectivity index is 0.965. The van der Waals surface area contributed by atoms with Crippen molar-refractivity contribution >= 4 is 30.0 Å². The number of anilines is 1. The van der Waals surface area contributed by atoms with Crippen molar-refractivity contribution in [3.63, 3.8) is 0 Å². The highest BCUT2D eigenvalue weighted by atomic mass is 16.6. The van der Waals surface area contributed by atoms with E-state index in [1.54, 1.807) is 19.4 Å². The summed E-state index contributed by atoms with van der Waals surface area (Å²) < 4.78 is 22.3. The van der Waals surface area contributed by atoms with Crippen molar-refractivity contribution in [1.29, 1.82) is 0 Å². The molecule has 2 aliphatic heterocycles. The smallest absolute Gasteiger partial charge is 0.252 e. The number of hydrogen-bond donors (Lipinski definition) is 1. The van der Waals surface area contributed by atoms with Crippen LogP contribution in [0, 0.1) is 0 Å². The van der Waals surface area contributed by atoms with Crippen LogP contribution in [0.1, 0.15) is 42.5 Å². The Morgan fingerprint density at radius 3 is 2.18 bits per heavy atom. The maximum atomic E-state index is 12.6. The molecular weight excluding hydrogens is 704 g/mol. The summed E-state index contributed by atoms with van der Waals surface area (Å²) in [5.74, 6) is 1.31. The average molecular weight is 763 g/mol. The number of aliphatic imine (C=N–C) groups is 1. The second kappa shape index (κ2) is 23.9. The first-order valence-electron chi connectivity index (χ1n) is 19.1. The molecule has 300 valence electrons. The number of amidine groups is 1. The fraction of sp³-hybridized carbons (Fsp3) is 0.550. The molecule has 0 unspecified atom stereocenters. The number of carbonyl (C=O) groups excluding carboxylic acids is 3. The molecule has 4 rings (SSSR count). The van der Waals surface area contributed by atoms with Gasteiger partial charge in [-0.25, -0.2) is 15.0 Å². The number of rotatable bonds is 23. The Labute approximate surface area is 325 Å². The maximum absolute atomic E-state index is 12.6. The zero-order valence-corrected chi connectivity index (χ0v) is 32.7. The fourth-order valence-electron chi connectivity index (χ4n) is 6.05. The standard InChI is InChI=1S/C40H58N8O7/c1-5-33-7-8-37-30-48(12-9-36(37)25-33)38(50)10-17-52-19-21-54-23-24-55-22-20-53-18-11-41-39(51)35(6-2)28-42-32(3)46-13-15-47(16-14-46)40-43-26-34(27-44-40)29-45(4)31-49/h6-8,25-28,31H,2,5,9-24,29-30H2,1,3-4H3,(H,41,51)/b35-28+,42-32?. The van der Waals surface area contributed by atoms with Crippen molar-refractivity contribution in [3.05, 3.63) is 77.3 Å². The van der Waals surface area contributed by atoms with Gasteiger partial charge in [0.05, 0.1) is 64.8 Å². The molecule has 15 nitrogen and oxygen atoms in total. The van der Waals surface area contributed by atoms with Crippen molar-refractivity contribution in [3.8, 4) is 0 Å². The van der Waals surface area contributed by atoms with Crippen LogP contribution in [0.2, 0.25) is 0 Å². The lowest BCUT2D eigenvalue weighted by molar-refractivity contribution is -0.133. The van der Waals surface area contributed by atoms with E-state index in [-0.39, 0.29) is 11.8 Å². The van der Waals surface area contributed by atoms with Crippen LogP contribution >= 0.6 is 0 Å². The number of hydrogen-bond acceptors (Lipinski definition) is 11. The summed E-state index contributed by atoms with van der Waals surface area (Å²) >= 11 is 0. The van der Waals surface area contributed by atoms with E-state index in [1.165, 1.54) is 33.9 Å². The number of aromatic nitrogens is 2. The monoisotopic (exact) mass is 762 g/mol. The van der Waals surface area contributed by atoms with Crippen LogP contribution in [0.3, 0.4) is 0 Å². The van der Waals surface area contributed by atoms with Crippen molar-refractivity contribution in [2.75, 3.05) is 104 Å². The Kier molecular flexibility index (Phi) is 18.7. The van der Waals surface area contributed by atoms with Crippen molar-refractivity contribution in [2.24, 2.45) is 4.99 Å². The Morgan fingerprint density at radius 2 is 1.55 bits per heavy atom. The number of carbonyl (C=O) groups is 3. The zero-order chi connectivity index (χ0) is 39.3. The van der Waals surface area contributed by atoms with Gasteiger partial charge in [-0.15, -0.1) is 0 Å². The number of nitrogens with zero attached hydrogens (tertiary/aromatic N) is 7. The minimum absolute atomic E-state index is 0.124. The summed E-state index contributed by atoms with van der Waals surface area (Å²) in [6.45, 7) is 16.3. The van der Waals surface area contributed by atoms with Crippen LogP contribution in [0.4, 0.5) is 5.95 Å².